The SMILES string of the molecule is CCc1cc2c(Nc3cc(C)ccc3Br)nc(Cl)nc2s1. The van der Waals surface area contributed by atoms with Crippen LogP contribution < -0.4 is 5.32 Å². The van der Waals surface area contributed by atoms with E-state index in [1.165, 1.54) is 10.4 Å². The molecular formula is C15H13BrClN3S. The van der Waals surface area contributed by atoms with Crippen molar-refractivity contribution in [2.24, 2.45) is 0 Å². The largest absolute Gasteiger partial charge is 0.339 e. The fraction of sp³-hybridized carbons (Fsp3) is 0.200. The Labute approximate surface area is 140 Å². The van der Waals surface area contributed by atoms with Gasteiger partial charge < -0.3 is 5.32 Å². The van der Waals surface area contributed by atoms with E-state index in [1.807, 2.05) is 6.07 Å². The summed E-state index contributed by atoms with van der Waals surface area (Å²) >= 11 is 11.3. The molecule has 3 rings (SSSR count). The lowest BCUT2D eigenvalue weighted by atomic mass is 10.2. The van der Waals surface area contributed by atoms with Gasteiger partial charge in [-0.2, -0.15) is 4.98 Å². The Hall–Kier alpha value is -1.17. The van der Waals surface area contributed by atoms with Crippen molar-refractivity contribution < 1.29 is 0 Å². The summed E-state index contributed by atoms with van der Waals surface area (Å²) in [5.41, 5.74) is 2.15. The summed E-state index contributed by atoms with van der Waals surface area (Å²) in [4.78, 5) is 10.8. The quantitative estimate of drug-likeness (QED) is 0.588. The Balaban J connectivity index is 2.11. The molecule has 2 aromatic heterocycles. The molecule has 21 heavy (non-hydrogen) atoms. The van der Waals surface area contributed by atoms with Crippen molar-refractivity contribution in [3.05, 3.63) is 44.5 Å². The number of hydrogen-bond acceptors (Lipinski definition) is 4. The number of nitrogens with zero attached hydrogens (tertiary/aromatic N) is 2. The molecule has 0 aliphatic carbocycles. The molecule has 0 atom stereocenters. The van der Waals surface area contributed by atoms with Crippen LogP contribution >= 0.6 is 38.9 Å². The predicted molar refractivity (Wildman–Crippen MR) is 94.0 cm³/mol. The van der Waals surface area contributed by atoms with Crippen LogP contribution in [0.4, 0.5) is 11.5 Å². The van der Waals surface area contributed by atoms with Crippen LogP contribution in [0.3, 0.4) is 0 Å². The number of nitrogens with one attached hydrogen (secondary N) is 1. The molecule has 0 spiro atoms. The molecule has 6 heteroatoms. The van der Waals surface area contributed by atoms with Gasteiger partial charge in [0.1, 0.15) is 10.6 Å². The van der Waals surface area contributed by atoms with E-state index < -0.39 is 0 Å². The molecule has 0 bridgehead atoms. The lowest BCUT2D eigenvalue weighted by Crippen LogP contribution is -1.97. The highest BCUT2D eigenvalue weighted by Gasteiger charge is 2.12. The van der Waals surface area contributed by atoms with Crippen molar-refractivity contribution >= 4 is 60.6 Å². The van der Waals surface area contributed by atoms with Crippen molar-refractivity contribution in [2.75, 3.05) is 5.32 Å². The highest BCUT2D eigenvalue weighted by Crippen LogP contribution is 2.33. The summed E-state index contributed by atoms with van der Waals surface area (Å²) in [6, 6.07) is 8.27. The van der Waals surface area contributed by atoms with Gasteiger partial charge in [0.25, 0.3) is 0 Å². The second kappa shape index (κ2) is 5.91. The first-order valence-electron chi connectivity index (χ1n) is 6.56. The van der Waals surface area contributed by atoms with Crippen molar-refractivity contribution in [1.82, 2.24) is 9.97 Å². The maximum absolute atomic E-state index is 6.05. The monoisotopic (exact) mass is 381 g/mol. The summed E-state index contributed by atoms with van der Waals surface area (Å²) in [6.45, 7) is 4.18. The Bertz CT molecular complexity index is 816. The lowest BCUT2D eigenvalue weighted by molar-refractivity contribution is 1.19. The van der Waals surface area contributed by atoms with Gasteiger partial charge in [-0.3, -0.25) is 0 Å². The molecule has 0 radical (unpaired) electrons. The van der Waals surface area contributed by atoms with Gasteiger partial charge in [-0.15, -0.1) is 11.3 Å². The molecule has 0 fully saturated rings. The van der Waals surface area contributed by atoms with Gasteiger partial charge in [0.05, 0.1) is 11.1 Å². The minimum absolute atomic E-state index is 0.262. The minimum Gasteiger partial charge on any atom is -0.339 e. The van der Waals surface area contributed by atoms with E-state index in [0.717, 1.165) is 32.6 Å². The van der Waals surface area contributed by atoms with E-state index in [9.17, 15) is 0 Å². The molecule has 108 valence electrons. The summed E-state index contributed by atoms with van der Waals surface area (Å²) in [6.07, 6.45) is 0.978. The van der Waals surface area contributed by atoms with Crippen LogP contribution in [0.15, 0.2) is 28.7 Å². The predicted octanol–water partition coefficient (Wildman–Crippen LogP) is 5.72. The van der Waals surface area contributed by atoms with Crippen molar-refractivity contribution in [3.8, 4) is 0 Å². The van der Waals surface area contributed by atoms with E-state index in [0.29, 0.717) is 0 Å². The molecule has 0 saturated carbocycles. The standard InChI is InChI=1S/C15H13BrClN3S/c1-3-9-7-10-13(19-15(17)20-14(10)21-9)18-12-6-8(2)4-5-11(12)16/h4-7H,3H2,1-2H3,(H,18,19,20). The molecule has 3 aromatic rings. The topological polar surface area (TPSA) is 37.8 Å². The van der Waals surface area contributed by atoms with E-state index in [2.05, 4.69) is 63.3 Å². The van der Waals surface area contributed by atoms with Gasteiger partial charge in [0.15, 0.2) is 0 Å². The number of hydrogen-bond donors (Lipinski definition) is 1. The van der Waals surface area contributed by atoms with Crippen LogP contribution in [0.1, 0.15) is 17.4 Å². The highest BCUT2D eigenvalue weighted by molar-refractivity contribution is 9.10. The van der Waals surface area contributed by atoms with Gasteiger partial charge in [-0.25, -0.2) is 4.98 Å². The Kier molecular flexibility index (Phi) is 4.15. The third-order valence-corrected chi connectivity index (χ3v) is 5.17. The molecule has 0 saturated heterocycles. The first-order valence-corrected chi connectivity index (χ1v) is 8.54. The number of benzene rings is 1. The normalized spacial score (nSPS) is 11.0. The van der Waals surface area contributed by atoms with Gasteiger partial charge in [0, 0.05) is 9.35 Å². The molecular weight excluding hydrogens is 370 g/mol. The number of aromatic nitrogens is 2. The number of thiophene rings is 1. The van der Waals surface area contributed by atoms with Crippen LogP contribution in [0.2, 0.25) is 5.28 Å². The zero-order valence-corrected chi connectivity index (χ0v) is 14.7. The smallest absolute Gasteiger partial charge is 0.225 e. The van der Waals surface area contributed by atoms with Crippen molar-refractivity contribution in [3.63, 3.8) is 0 Å². The third-order valence-electron chi connectivity index (χ3n) is 3.14. The van der Waals surface area contributed by atoms with Crippen molar-refractivity contribution in [2.45, 2.75) is 20.3 Å². The number of halogens is 2. The zero-order valence-electron chi connectivity index (χ0n) is 11.6. The molecule has 3 nitrogen and oxygen atoms in total. The average molecular weight is 383 g/mol. The Morgan fingerprint density at radius 2 is 2.10 bits per heavy atom. The second-order valence-corrected chi connectivity index (χ2v) is 7.04. The fourth-order valence-corrected chi connectivity index (χ4v) is 3.61. The molecule has 0 amide bonds. The lowest BCUT2D eigenvalue weighted by Gasteiger charge is -2.10. The van der Waals surface area contributed by atoms with E-state index in [1.54, 1.807) is 11.3 Å². The van der Waals surface area contributed by atoms with Crippen LogP contribution in [-0.2, 0) is 6.42 Å². The Morgan fingerprint density at radius 1 is 1.29 bits per heavy atom. The summed E-state index contributed by atoms with van der Waals surface area (Å²) in [5.74, 6) is 0.743. The first-order chi connectivity index (χ1) is 10.1. The molecule has 1 aromatic carbocycles. The van der Waals surface area contributed by atoms with Gasteiger partial charge in [-0.1, -0.05) is 13.0 Å². The number of aryl methyl sites for hydroxylation is 2. The van der Waals surface area contributed by atoms with Gasteiger partial charge in [0.2, 0.25) is 5.28 Å². The average Bonchev–Trinajstić information content (AvgIpc) is 2.86. The fourth-order valence-electron chi connectivity index (χ4n) is 2.08. The maximum Gasteiger partial charge on any atom is 0.225 e. The number of anilines is 2. The molecule has 2 heterocycles. The minimum atomic E-state index is 0.262. The molecule has 0 unspecified atom stereocenters. The number of fused-ring (bicyclic) bond motifs is 1. The maximum atomic E-state index is 6.05. The first kappa shape index (κ1) is 14.8. The summed E-state index contributed by atoms with van der Waals surface area (Å²) in [7, 11) is 0. The van der Waals surface area contributed by atoms with E-state index in [4.69, 9.17) is 11.6 Å². The van der Waals surface area contributed by atoms with E-state index >= 15 is 0 Å². The molecule has 0 aliphatic heterocycles. The van der Waals surface area contributed by atoms with Crippen LogP contribution in [-0.4, -0.2) is 9.97 Å². The second-order valence-electron chi connectivity index (χ2n) is 4.73. The van der Waals surface area contributed by atoms with Gasteiger partial charge >= 0.3 is 0 Å². The van der Waals surface area contributed by atoms with Crippen LogP contribution in [0.25, 0.3) is 10.2 Å². The van der Waals surface area contributed by atoms with Gasteiger partial charge in [-0.05, 0) is 64.6 Å². The van der Waals surface area contributed by atoms with E-state index in [-0.39, 0.29) is 5.28 Å². The summed E-state index contributed by atoms with van der Waals surface area (Å²) < 4.78 is 0.988. The molecule has 1 N–H and O–H groups in total. The summed E-state index contributed by atoms with van der Waals surface area (Å²) in [5, 5.41) is 4.63. The van der Waals surface area contributed by atoms with Crippen LogP contribution in [0.5, 0.6) is 0 Å². The zero-order chi connectivity index (χ0) is 15.0. The van der Waals surface area contributed by atoms with Crippen LogP contribution in [0, 0.1) is 6.92 Å². The highest BCUT2D eigenvalue weighted by atomic mass is 79.9. The van der Waals surface area contributed by atoms with Crippen molar-refractivity contribution in [1.29, 1.82) is 0 Å². The molecule has 0 aliphatic rings. The Morgan fingerprint density at radius 3 is 2.86 bits per heavy atom. The third kappa shape index (κ3) is 3.05. The number of rotatable bonds is 3.